The number of carbonyl (C=O) groups excluding carboxylic acids is 1. The van der Waals surface area contributed by atoms with Crippen LogP contribution < -0.4 is 10.1 Å². The summed E-state index contributed by atoms with van der Waals surface area (Å²) in [5, 5.41) is 20.8. The van der Waals surface area contributed by atoms with Crippen LogP contribution in [0.15, 0.2) is 24.3 Å². The summed E-state index contributed by atoms with van der Waals surface area (Å²) in [6.45, 7) is -0.347. The molecule has 0 aliphatic rings. The largest absolute Gasteiger partial charge is 0.504 e. The smallest absolute Gasteiger partial charge is 0.326 e. The lowest BCUT2D eigenvalue weighted by atomic mass is 10.2. The number of amides is 1. The Morgan fingerprint density at radius 2 is 2.10 bits per heavy atom. The fraction of sp³-hybridized carbons (Fsp3) is 0.385. The van der Waals surface area contributed by atoms with Crippen LogP contribution in [0.1, 0.15) is 6.42 Å². The van der Waals surface area contributed by atoms with Crippen LogP contribution in [0.3, 0.4) is 0 Å². The molecule has 0 unspecified atom stereocenters. The molecular weight excluding hydrogens is 282 g/mol. The topological polar surface area (TPSA) is 95.9 Å². The number of para-hydroxylation sites is 2. The SMILES string of the molecule is CSCC[C@H](NC(=O)COc1ccccc1O)C(=O)O. The maximum Gasteiger partial charge on any atom is 0.326 e. The van der Waals surface area contributed by atoms with Crippen LogP contribution in [0, 0.1) is 0 Å². The first kappa shape index (κ1) is 16.2. The van der Waals surface area contributed by atoms with Crippen molar-refractivity contribution < 1.29 is 24.5 Å². The average Bonchev–Trinajstić information content (AvgIpc) is 2.42. The highest BCUT2D eigenvalue weighted by atomic mass is 32.2. The van der Waals surface area contributed by atoms with Gasteiger partial charge < -0.3 is 20.3 Å². The highest BCUT2D eigenvalue weighted by Gasteiger charge is 2.19. The molecule has 3 N–H and O–H groups in total. The van der Waals surface area contributed by atoms with Gasteiger partial charge in [0.1, 0.15) is 6.04 Å². The van der Waals surface area contributed by atoms with Crippen molar-refractivity contribution in [2.75, 3.05) is 18.6 Å². The number of aromatic hydroxyl groups is 1. The molecule has 0 aromatic heterocycles. The van der Waals surface area contributed by atoms with Crippen LogP contribution in [-0.4, -0.2) is 46.7 Å². The van der Waals surface area contributed by atoms with Gasteiger partial charge in [0.2, 0.25) is 0 Å². The zero-order valence-corrected chi connectivity index (χ0v) is 11.9. The number of aliphatic carboxylic acids is 1. The lowest BCUT2D eigenvalue weighted by Crippen LogP contribution is -2.43. The predicted octanol–water partition coefficient (Wildman–Crippen LogP) is 1.09. The number of ether oxygens (including phenoxy) is 1. The number of benzene rings is 1. The maximum atomic E-state index is 11.6. The van der Waals surface area contributed by atoms with Gasteiger partial charge in [-0.2, -0.15) is 11.8 Å². The molecule has 0 saturated heterocycles. The summed E-state index contributed by atoms with van der Waals surface area (Å²) in [7, 11) is 0. The highest BCUT2D eigenvalue weighted by molar-refractivity contribution is 7.98. The first-order chi connectivity index (χ1) is 9.54. The summed E-state index contributed by atoms with van der Waals surface area (Å²) in [6, 6.07) is 5.32. The molecule has 6 nitrogen and oxygen atoms in total. The molecule has 1 aromatic carbocycles. The van der Waals surface area contributed by atoms with Crippen LogP contribution >= 0.6 is 11.8 Å². The van der Waals surface area contributed by atoms with Gasteiger partial charge in [0.25, 0.3) is 5.91 Å². The number of carboxylic acids is 1. The molecule has 1 rings (SSSR count). The average molecular weight is 299 g/mol. The summed E-state index contributed by atoms with van der Waals surface area (Å²) >= 11 is 1.51. The lowest BCUT2D eigenvalue weighted by molar-refractivity contribution is -0.142. The lowest BCUT2D eigenvalue weighted by Gasteiger charge is -2.14. The van der Waals surface area contributed by atoms with Crippen molar-refractivity contribution in [3.05, 3.63) is 24.3 Å². The molecule has 0 saturated carbocycles. The maximum absolute atomic E-state index is 11.6. The molecule has 0 heterocycles. The van der Waals surface area contributed by atoms with Crippen molar-refractivity contribution in [3.8, 4) is 11.5 Å². The minimum atomic E-state index is -1.07. The molecule has 0 bridgehead atoms. The van der Waals surface area contributed by atoms with Crippen molar-refractivity contribution in [1.82, 2.24) is 5.32 Å². The zero-order chi connectivity index (χ0) is 15.0. The minimum Gasteiger partial charge on any atom is -0.504 e. The Morgan fingerprint density at radius 3 is 2.70 bits per heavy atom. The van der Waals surface area contributed by atoms with Gasteiger partial charge in [0.15, 0.2) is 18.1 Å². The van der Waals surface area contributed by atoms with Gasteiger partial charge >= 0.3 is 5.97 Å². The quantitative estimate of drug-likeness (QED) is 0.665. The number of rotatable bonds is 8. The van der Waals surface area contributed by atoms with E-state index in [9.17, 15) is 14.7 Å². The molecule has 1 aromatic rings. The molecule has 0 aliphatic carbocycles. The zero-order valence-electron chi connectivity index (χ0n) is 11.0. The summed E-state index contributed by atoms with van der Waals surface area (Å²) < 4.78 is 5.12. The molecule has 20 heavy (non-hydrogen) atoms. The molecule has 0 radical (unpaired) electrons. The van der Waals surface area contributed by atoms with Gasteiger partial charge in [-0.25, -0.2) is 4.79 Å². The van der Waals surface area contributed by atoms with E-state index >= 15 is 0 Å². The first-order valence-corrected chi connectivity index (χ1v) is 7.36. The number of phenolic OH excluding ortho intramolecular Hbond substituents is 1. The third-order valence-corrected chi connectivity index (χ3v) is 3.11. The van der Waals surface area contributed by atoms with Crippen molar-refractivity contribution in [3.63, 3.8) is 0 Å². The fourth-order valence-electron chi connectivity index (χ4n) is 1.45. The monoisotopic (exact) mass is 299 g/mol. The van der Waals surface area contributed by atoms with E-state index < -0.39 is 17.9 Å². The van der Waals surface area contributed by atoms with E-state index in [0.717, 1.165) is 0 Å². The van der Waals surface area contributed by atoms with Gasteiger partial charge in [0.05, 0.1) is 0 Å². The van der Waals surface area contributed by atoms with Crippen molar-refractivity contribution in [1.29, 1.82) is 0 Å². The molecular formula is C13H17NO5S. The minimum absolute atomic E-state index is 0.0718. The highest BCUT2D eigenvalue weighted by Crippen LogP contribution is 2.23. The fourth-order valence-corrected chi connectivity index (χ4v) is 1.92. The summed E-state index contributed by atoms with van der Waals surface area (Å²) in [5.41, 5.74) is 0. The van der Waals surface area contributed by atoms with E-state index in [1.807, 2.05) is 6.26 Å². The summed E-state index contributed by atoms with van der Waals surface area (Å²) in [5.74, 6) is -0.870. The Morgan fingerprint density at radius 1 is 1.40 bits per heavy atom. The van der Waals surface area contributed by atoms with Crippen molar-refractivity contribution in [2.24, 2.45) is 0 Å². The molecule has 110 valence electrons. The summed E-state index contributed by atoms with van der Waals surface area (Å²) in [6.07, 6.45) is 2.21. The van der Waals surface area contributed by atoms with Crippen LogP contribution in [-0.2, 0) is 9.59 Å². The van der Waals surface area contributed by atoms with Crippen LogP contribution in [0.2, 0.25) is 0 Å². The van der Waals surface area contributed by atoms with E-state index in [2.05, 4.69) is 5.32 Å². The number of phenols is 1. The molecule has 0 fully saturated rings. The predicted molar refractivity (Wildman–Crippen MR) is 76.2 cm³/mol. The van der Waals surface area contributed by atoms with Crippen LogP contribution in [0.4, 0.5) is 0 Å². The Hall–Kier alpha value is -1.89. The van der Waals surface area contributed by atoms with Crippen molar-refractivity contribution >= 4 is 23.6 Å². The molecule has 0 spiro atoms. The van der Waals surface area contributed by atoms with Crippen LogP contribution in [0.5, 0.6) is 11.5 Å². The van der Waals surface area contributed by atoms with E-state index in [1.54, 1.807) is 12.1 Å². The van der Waals surface area contributed by atoms with E-state index in [1.165, 1.54) is 23.9 Å². The number of nitrogens with one attached hydrogen (secondary N) is 1. The van der Waals surface area contributed by atoms with E-state index in [4.69, 9.17) is 9.84 Å². The molecule has 1 amide bonds. The second kappa shape index (κ2) is 8.31. The molecule has 1 atom stereocenters. The van der Waals surface area contributed by atoms with E-state index in [0.29, 0.717) is 12.2 Å². The van der Waals surface area contributed by atoms with Crippen molar-refractivity contribution in [2.45, 2.75) is 12.5 Å². The number of hydrogen-bond donors (Lipinski definition) is 3. The van der Waals surface area contributed by atoms with Gasteiger partial charge in [-0.3, -0.25) is 4.79 Å². The normalized spacial score (nSPS) is 11.7. The Labute approximate surface area is 121 Å². The first-order valence-electron chi connectivity index (χ1n) is 5.96. The number of carbonyl (C=O) groups is 2. The Kier molecular flexibility index (Phi) is 6.72. The second-order valence-electron chi connectivity index (χ2n) is 4.00. The van der Waals surface area contributed by atoms with Crippen LogP contribution in [0.25, 0.3) is 0 Å². The van der Waals surface area contributed by atoms with Gasteiger partial charge in [-0.15, -0.1) is 0 Å². The standard InChI is InChI=1S/C13H17NO5S/c1-20-7-6-9(13(17)18)14-12(16)8-19-11-5-3-2-4-10(11)15/h2-5,9,15H,6-8H2,1H3,(H,14,16)(H,17,18)/t9-/m0/s1. The second-order valence-corrected chi connectivity index (χ2v) is 4.98. The molecule has 0 aliphatic heterocycles. The number of hydrogen-bond acceptors (Lipinski definition) is 5. The summed E-state index contributed by atoms with van der Waals surface area (Å²) in [4.78, 5) is 22.6. The number of carboxylic acid groups (broad SMARTS) is 1. The van der Waals surface area contributed by atoms with Gasteiger partial charge in [0, 0.05) is 0 Å². The third kappa shape index (κ3) is 5.40. The van der Waals surface area contributed by atoms with Gasteiger partial charge in [-0.05, 0) is 30.6 Å². The molecule has 7 heteroatoms. The number of thioether (sulfide) groups is 1. The Bertz CT molecular complexity index is 466. The van der Waals surface area contributed by atoms with Gasteiger partial charge in [-0.1, -0.05) is 12.1 Å². The third-order valence-electron chi connectivity index (χ3n) is 2.47. The van der Waals surface area contributed by atoms with E-state index in [-0.39, 0.29) is 18.1 Å². The Balaban J connectivity index is 2.46.